The SMILES string of the molecule is NC(CS)C(=O)[O-].NC(CS)C(=O)[O-].[NH2-].[NH2-].[Pt+4]. The van der Waals surface area contributed by atoms with Gasteiger partial charge in [-0.2, -0.15) is 25.3 Å². The molecule has 0 saturated carbocycles. The maximum Gasteiger partial charge on any atom is 4.00 e. The normalized spacial score (nSPS) is 11.1. The summed E-state index contributed by atoms with van der Waals surface area (Å²) < 4.78 is 0. The molecular weight excluding hydrogens is 451 g/mol. The molecule has 0 saturated heterocycles. The summed E-state index contributed by atoms with van der Waals surface area (Å²) in [6, 6.07) is -1.85. The van der Waals surface area contributed by atoms with Gasteiger partial charge in [0.25, 0.3) is 0 Å². The van der Waals surface area contributed by atoms with Gasteiger partial charge in [-0.1, -0.05) is 0 Å². The van der Waals surface area contributed by atoms with Gasteiger partial charge in [-0.3, -0.25) is 0 Å². The van der Waals surface area contributed by atoms with Crippen LogP contribution in [-0.4, -0.2) is 35.5 Å². The Hall–Kier alpha value is 0.168. The molecule has 0 fully saturated rings. The molecule has 2 unspecified atom stereocenters. The first-order chi connectivity index (χ1) is 6.36. The quantitative estimate of drug-likeness (QED) is 0.327. The molecule has 0 aliphatic carbocycles. The Balaban J connectivity index is -0.0000000480. The van der Waals surface area contributed by atoms with Crippen molar-refractivity contribution in [2.75, 3.05) is 11.5 Å². The summed E-state index contributed by atoms with van der Waals surface area (Å²) >= 11 is 7.22. The van der Waals surface area contributed by atoms with Crippen molar-refractivity contribution < 1.29 is 40.9 Å². The molecule has 0 aromatic carbocycles. The molecular formula is C6H16N4O4PtS2. The fraction of sp³-hybridized carbons (Fsp3) is 0.667. The van der Waals surface area contributed by atoms with Gasteiger partial charge in [-0.15, -0.1) is 0 Å². The first kappa shape index (κ1) is 30.3. The summed E-state index contributed by atoms with van der Waals surface area (Å²) in [5.74, 6) is -2.25. The zero-order valence-electron chi connectivity index (χ0n) is 8.72. The van der Waals surface area contributed by atoms with Crippen LogP contribution < -0.4 is 21.7 Å². The summed E-state index contributed by atoms with van der Waals surface area (Å²) in [7, 11) is 0. The molecule has 0 aliphatic rings. The van der Waals surface area contributed by atoms with Crippen LogP contribution in [0.25, 0.3) is 12.3 Å². The molecule has 0 amide bonds. The van der Waals surface area contributed by atoms with Crippen LogP contribution in [0.5, 0.6) is 0 Å². The Morgan fingerprint density at radius 1 is 0.941 bits per heavy atom. The summed E-state index contributed by atoms with van der Waals surface area (Å²) in [5.41, 5.74) is 9.75. The van der Waals surface area contributed by atoms with Crippen LogP contribution in [-0.2, 0) is 30.7 Å². The maximum absolute atomic E-state index is 9.65. The van der Waals surface area contributed by atoms with Gasteiger partial charge in [-0.25, -0.2) is 0 Å². The third-order valence-corrected chi connectivity index (χ3v) is 1.79. The topological polar surface area (TPSA) is 199 Å². The van der Waals surface area contributed by atoms with E-state index < -0.39 is 24.0 Å². The van der Waals surface area contributed by atoms with Crippen molar-refractivity contribution in [1.29, 1.82) is 0 Å². The minimum atomic E-state index is -1.25. The minimum absolute atomic E-state index is 0. The van der Waals surface area contributed by atoms with Crippen LogP contribution in [0.1, 0.15) is 0 Å². The van der Waals surface area contributed by atoms with Gasteiger partial charge in [0.1, 0.15) is 0 Å². The summed E-state index contributed by atoms with van der Waals surface area (Å²) in [4.78, 5) is 19.3. The average Bonchev–Trinajstić information content (AvgIpc) is 2.15. The Kier molecular flexibility index (Phi) is 33.0. The number of rotatable bonds is 4. The smallest absolute Gasteiger partial charge is 0.693 e. The molecule has 106 valence electrons. The first-order valence-corrected chi connectivity index (χ1v) is 4.77. The van der Waals surface area contributed by atoms with E-state index in [0.717, 1.165) is 0 Å². The summed E-state index contributed by atoms with van der Waals surface area (Å²) in [6.45, 7) is 0. The van der Waals surface area contributed by atoms with Gasteiger partial charge in [0.15, 0.2) is 0 Å². The van der Waals surface area contributed by atoms with Crippen molar-refractivity contribution in [2.24, 2.45) is 11.5 Å². The zero-order valence-corrected chi connectivity index (χ0v) is 12.8. The second-order valence-corrected chi connectivity index (χ2v) is 2.95. The molecule has 8 N–H and O–H groups in total. The number of hydrogen-bond acceptors (Lipinski definition) is 8. The summed E-state index contributed by atoms with van der Waals surface area (Å²) in [5, 5.41) is 19.3. The molecule has 2 atom stereocenters. The minimum Gasteiger partial charge on any atom is -0.693 e. The number of hydrogen-bond donors (Lipinski definition) is 4. The van der Waals surface area contributed by atoms with Crippen molar-refractivity contribution >= 4 is 37.2 Å². The van der Waals surface area contributed by atoms with Crippen LogP contribution >= 0.6 is 25.3 Å². The van der Waals surface area contributed by atoms with Crippen molar-refractivity contribution in [3.63, 3.8) is 0 Å². The molecule has 11 heteroatoms. The van der Waals surface area contributed by atoms with E-state index in [1.165, 1.54) is 0 Å². The number of carboxylic acid groups (broad SMARTS) is 2. The van der Waals surface area contributed by atoms with Gasteiger partial charge < -0.3 is 43.6 Å². The summed E-state index contributed by atoms with van der Waals surface area (Å²) in [6.07, 6.45) is 0. The number of thiol groups is 2. The van der Waals surface area contributed by atoms with Crippen molar-refractivity contribution in [1.82, 2.24) is 0 Å². The fourth-order valence-corrected chi connectivity index (χ4v) is 0.447. The van der Waals surface area contributed by atoms with Gasteiger partial charge >= 0.3 is 21.1 Å². The molecule has 0 aliphatic heterocycles. The molecule has 0 radical (unpaired) electrons. The molecule has 0 spiro atoms. The molecule has 0 bridgehead atoms. The van der Waals surface area contributed by atoms with Crippen LogP contribution in [0, 0.1) is 0 Å². The van der Waals surface area contributed by atoms with Crippen LogP contribution in [0.2, 0.25) is 0 Å². The van der Waals surface area contributed by atoms with Crippen molar-refractivity contribution in [2.45, 2.75) is 12.1 Å². The van der Waals surface area contributed by atoms with E-state index in [9.17, 15) is 19.8 Å². The standard InChI is InChI=1S/2C3H7NO2S.2H2N.Pt/c2*4-2(1-7)3(5)6;;;/h2*2,7H,1,4H2,(H,5,6);2*1H2;/q;;2*-1;+4/p-2. The Morgan fingerprint density at radius 2 is 1.12 bits per heavy atom. The van der Waals surface area contributed by atoms with E-state index in [4.69, 9.17) is 11.5 Å². The number of nitrogens with two attached hydrogens (primary N) is 4. The fourth-order valence-electron chi connectivity index (χ4n) is 0.149. The predicted octanol–water partition coefficient (Wildman–Crippen LogP) is -2.58. The van der Waals surface area contributed by atoms with E-state index in [1.807, 2.05) is 0 Å². The van der Waals surface area contributed by atoms with Crippen LogP contribution in [0.4, 0.5) is 0 Å². The van der Waals surface area contributed by atoms with E-state index in [2.05, 4.69) is 25.3 Å². The van der Waals surface area contributed by atoms with Gasteiger partial charge in [0.05, 0.1) is 24.0 Å². The van der Waals surface area contributed by atoms with Gasteiger partial charge in [0.2, 0.25) is 0 Å². The van der Waals surface area contributed by atoms with E-state index >= 15 is 0 Å². The number of carbonyl (C=O) groups is 2. The first-order valence-electron chi connectivity index (χ1n) is 3.51. The van der Waals surface area contributed by atoms with Crippen LogP contribution in [0.3, 0.4) is 0 Å². The predicted molar refractivity (Wildman–Crippen MR) is 64.2 cm³/mol. The second kappa shape index (κ2) is 18.5. The molecule has 0 heterocycles. The third-order valence-electron chi connectivity index (χ3n) is 0.999. The monoisotopic (exact) mass is 467 g/mol. The number of carbonyl (C=O) groups excluding carboxylic acids is 2. The molecule has 0 rings (SSSR count). The van der Waals surface area contributed by atoms with Crippen molar-refractivity contribution in [3.8, 4) is 0 Å². The molecule has 8 nitrogen and oxygen atoms in total. The van der Waals surface area contributed by atoms with E-state index in [1.54, 1.807) is 0 Å². The molecule has 0 aromatic rings. The molecule has 17 heavy (non-hydrogen) atoms. The number of aliphatic carboxylic acids is 2. The Labute approximate surface area is 125 Å². The molecule has 0 aromatic heterocycles. The Bertz CT molecular complexity index is 181. The van der Waals surface area contributed by atoms with E-state index in [-0.39, 0.29) is 44.9 Å². The van der Waals surface area contributed by atoms with Gasteiger partial charge in [-0.05, 0) is 0 Å². The maximum atomic E-state index is 9.65. The van der Waals surface area contributed by atoms with E-state index in [0.29, 0.717) is 0 Å². The average molecular weight is 467 g/mol. The van der Waals surface area contributed by atoms with Gasteiger partial charge in [0, 0.05) is 11.5 Å². The largest absolute Gasteiger partial charge is 4.00 e. The zero-order chi connectivity index (χ0) is 11.7. The second-order valence-electron chi connectivity index (χ2n) is 2.22. The van der Waals surface area contributed by atoms with Crippen molar-refractivity contribution in [3.05, 3.63) is 12.3 Å². The third kappa shape index (κ3) is 21.9. The Morgan fingerprint density at radius 3 is 1.12 bits per heavy atom. The van der Waals surface area contributed by atoms with Crippen LogP contribution in [0.15, 0.2) is 0 Å². The number of carboxylic acids is 2.